The number of ether oxygens (including phenoxy) is 1. The van der Waals surface area contributed by atoms with Crippen LogP contribution in [-0.2, 0) is 4.74 Å². The maximum absolute atomic E-state index is 13.1. The van der Waals surface area contributed by atoms with E-state index in [9.17, 15) is 4.79 Å². The fourth-order valence-electron chi connectivity index (χ4n) is 3.20. The molecule has 3 aromatic rings. The number of methoxy groups -OCH3 is 1. The maximum atomic E-state index is 13.1. The highest BCUT2D eigenvalue weighted by Crippen LogP contribution is 2.32. The molecule has 25 heavy (non-hydrogen) atoms. The van der Waals surface area contributed by atoms with Crippen molar-refractivity contribution in [3.8, 4) is 5.69 Å². The van der Waals surface area contributed by atoms with Gasteiger partial charge in [0.2, 0.25) is 0 Å². The predicted molar refractivity (Wildman–Crippen MR) is 89.1 cm³/mol. The maximum Gasteiger partial charge on any atom is 0.254 e. The molecule has 1 aromatic carbocycles. The number of amides is 1. The van der Waals surface area contributed by atoms with Gasteiger partial charge in [-0.1, -0.05) is 11.3 Å². The molecule has 1 unspecified atom stereocenters. The van der Waals surface area contributed by atoms with Crippen LogP contribution < -0.4 is 0 Å². The zero-order chi connectivity index (χ0) is 17.2. The lowest BCUT2D eigenvalue weighted by molar-refractivity contribution is 0.0684. The molecule has 1 N–H and O–H groups in total. The van der Waals surface area contributed by atoms with E-state index >= 15 is 0 Å². The molecule has 0 spiro atoms. The molecule has 1 saturated heterocycles. The van der Waals surface area contributed by atoms with Gasteiger partial charge in [-0.2, -0.15) is 0 Å². The molecule has 4 rings (SSSR count). The van der Waals surface area contributed by atoms with Crippen LogP contribution in [0.15, 0.2) is 49.1 Å². The average Bonchev–Trinajstić information content (AvgIpc) is 3.42. The van der Waals surface area contributed by atoms with Crippen molar-refractivity contribution in [2.24, 2.45) is 0 Å². The fourth-order valence-corrected chi connectivity index (χ4v) is 3.20. The summed E-state index contributed by atoms with van der Waals surface area (Å²) in [5.74, 6) is 0.725. The number of benzene rings is 1. The standard InChI is InChI=1S/C17H18N6O2/c1-25-14-10-15(16-18-5-6-19-16)22(11-14)17(24)12-3-2-4-13(9-12)23-8-7-20-21-23/h2-9,14-15H,10-11H2,1H3,(H,18,19)/t14-,15?/m1/s1. The quantitative estimate of drug-likeness (QED) is 0.780. The van der Waals surface area contributed by atoms with Crippen LogP contribution in [0.25, 0.3) is 5.69 Å². The predicted octanol–water partition coefficient (Wildman–Crippen LogP) is 1.59. The second-order valence-electron chi connectivity index (χ2n) is 5.94. The third kappa shape index (κ3) is 2.91. The Hall–Kier alpha value is -3.00. The van der Waals surface area contributed by atoms with Crippen LogP contribution in [0.4, 0.5) is 0 Å². The molecule has 2 atom stereocenters. The highest BCUT2D eigenvalue weighted by molar-refractivity contribution is 5.95. The van der Waals surface area contributed by atoms with Crippen LogP contribution in [0.2, 0.25) is 0 Å². The Morgan fingerprint density at radius 3 is 3.00 bits per heavy atom. The van der Waals surface area contributed by atoms with E-state index in [1.165, 1.54) is 0 Å². The number of imidazole rings is 1. The first-order valence-electron chi connectivity index (χ1n) is 8.06. The van der Waals surface area contributed by atoms with E-state index in [4.69, 9.17) is 4.74 Å². The van der Waals surface area contributed by atoms with Gasteiger partial charge in [0.05, 0.1) is 30.2 Å². The molecule has 0 bridgehead atoms. The summed E-state index contributed by atoms with van der Waals surface area (Å²) in [6.07, 6.45) is 7.53. The summed E-state index contributed by atoms with van der Waals surface area (Å²) in [5.41, 5.74) is 1.39. The molecule has 0 saturated carbocycles. The Morgan fingerprint density at radius 2 is 2.28 bits per heavy atom. The SMILES string of the molecule is CO[C@@H]1CC(c2ncc[nH]2)N(C(=O)c2cccc(-n3ccnn3)c2)C1. The molecule has 8 nitrogen and oxygen atoms in total. The van der Waals surface area contributed by atoms with Crippen LogP contribution in [0, 0.1) is 0 Å². The number of aromatic nitrogens is 5. The number of aromatic amines is 1. The number of H-pyrrole nitrogens is 1. The normalized spacial score (nSPS) is 20.1. The number of hydrogen-bond acceptors (Lipinski definition) is 5. The third-order valence-corrected chi connectivity index (χ3v) is 4.47. The van der Waals surface area contributed by atoms with E-state index in [-0.39, 0.29) is 18.1 Å². The van der Waals surface area contributed by atoms with Crippen molar-refractivity contribution in [2.75, 3.05) is 13.7 Å². The smallest absolute Gasteiger partial charge is 0.254 e. The van der Waals surface area contributed by atoms with Gasteiger partial charge in [-0.05, 0) is 18.2 Å². The monoisotopic (exact) mass is 338 g/mol. The van der Waals surface area contributed by atoms with Crippen LogP contribution in [0.5, 0.6) is 0 Å². The van der Waals surface area contributed by atoms with Crippen LogP contribution in [0.1, 0.15) is 28.6 Å². The molecule has 1 amide bonds. The first kappa shape index (κ1) is 15.5. The van der Waals surface area contributed by atoms with Crippen molar-refractivity contribution in [1.29, 1.82) is 0 Å². The number of carbonyl (C=O) groups excluding carboxylic acids is 1. The fraction of sp³-hybridized carbons (Fsp3) is 0.294. The van der Waals surface area contributed by atoms with Crippen LogP contribution in [-0.4, -0.2) is 55.5 Å². The van der Waals surface area contributed by atoms with Crippen molar-refractivity contribution in [2.45, 2.75) is 18.6 Å². The van der Waals surface area contributed by atoms with E-state index in [2.05, 4.69) is 20.3 Å². The summed E-state index contributed by atoms with van der Waals surface area (Å²) in [7, 11) is 1.67. The molecule has 1 fully saturated rings. The zero-order valence-corrected chi connectivity index (χ0v) is 13.7. The van der Waals surface area contributed by atoms with Gasteiger partial charge in [0, 0.05) is 38.0 Å². The number of nitrogens with one attached hydrogen (secondary N) is 1. The summed E-state index contributed by atoms with van der Waals surface area (Å²) in [5, 5.41) is 7.78. The van der Waals surface area contributed by atoms with Crippen molar-refractivity contribution in [3.63, 3.8) is 0 Å². The molecule has 128 valence electrons. The largest absolute Gasteiger partial charge is 0.380 e. The second-order valence-corrected chi connectivity index (χ2v) is 5.94. The van der Waals surface area contributed by atoms with Gasteiger partial charge < -0.3 is 14.6 Å². The number of likely N-dealkylation sites (tertiary alicyclic amines) is 1. The first-order valence-corrected chi connectivity index (χ1v) is 8.06. The molecule has 8 heteroatoms. The Bertz CT molecular complexity index is 846. The first-order chi connectivity index (χ1) is 12.3. The molecule has 1 aliphatic heterocycles. The van der Waals surface area contributed by atoms with Crippen molar-refractivity contribution < 1.29 is 9.53 Å². The van der Waals surface area contributed by atoms with Crippen molar-refractivity contribution in [3.05, 3.63) is 60.4 Å². The zero-order valence-electron chi connectivity index (χ0n) is 13.7. The summed E-state index contributed by atoms with van der Waals surface area (Å²) >= 11 is 0. The second kappa shape index (κ2) is 6.48. The number of carbonyl (C=O) groups is 1. The molecular formula is C17H18N6O2. The third-order valence-electron chi connectivity index (χ3n) is 4.47. The minimum Gasteiger partial charge on any atom is -0.380 e. The van der Waals surface area contributed by atoms with Crippen LogP contribution >= 0.6 is 0 Å². The Morgan fingerprint density at radius 1 is 1.36 bits per heavy atom. The Labute approximate surface area is 144 Å². The van der Waals surface area contributed by atoms with Crippen molar-refractivity contribution in [1.82, 2.24) is 29.9 Å². The van der Waals surface area contributed by atoms with E-state index in [0.29, 0.717) is 12.1 Å². The lowest BCUT2D eigenvalue weighted by Gasteiger charge is -2.23. The minimum absolute atomic E-state index is 0.00227. The number of hydrogen-bond donors (Lipinski definition) is 1. The average molecular weight is 338 g/mol. The lowest BCUT2D eigenvalue weighted by atomic mass is 10.1. The topological polar surface area (TPSA) is 88.9 Å². The highest BCUT2D eigenvalue weighted by Gasteiger charge is 2.38. The number of rotatable bonds is 4. The Balaban J connectivity index is 1.64. The van der Waals surface area contributed by atoms with E-state index < -0.39 is 0 Å². The molecule has 0 aliphatic carbocycles. The molecule has 0 radical (unpaired) electrons. The van der Waals surface area contributed by atoms with Gasteiger partial charge in [-0.3, -0.25) is 4.79 Å². The summed E-state index contributed by atoms with van der Waals surface area (Å²) in [6, 6.07) is 7.23. The molecule has 3 heterocycles. The molecular weight excluding hydrogens is 320 g/mol. The van der Waals surface area contributed by atoms with E-state index in [1.807, 2.05) is 29.2 Å². The lowest BCUT2D eigenvalue weighted by Crippen LogP contribution is -2.32. The summed E-state index contributed by atoms with van der Waals surface area (Å²) in [6.45, 7) is 0.536. The number of nitrogens with zero attached hydrogens (tertiary/aromatic N) is 5. The van der Waals surface area contributed by atoms with Gasteiger partial charge in [0.15, 0.2) is 0 Å². The van der Waals surface area contributed by atoms with Gasteiger partial charge in [0.25, 0.3) is 5.91 Å². The van der Waals surface area contributed by atoms with Crippen LogP contribution in [0.3, 0.4) is 0 Å². The van der Waals surface area contributed by atoms with Gasteiger partial charge in [0.1, 0.15) is 5.82 Å². The van der Waals surface area contributed by atoms with Crippen molar-refractivity contribution >= 4 is 5.91 Å². The Kier molecular flexibility index (Phi) is 4.02. The summed E-state index contributed by atoms with van der Waals surface area (Å²) < 4.78 is 7.11. The van der Waals surface area contributed by atoms with Gasteiger partial charge >= 0.3 is 0 Å². The highest BCUT2D eigenvalue weighted by atomic mass is 16.5. The van der Waals surface area contributed by atoms with Gasteiger partial charge in [-0.25, -0.2) is 9.67 Å². The van der Waals surface area contributed by atoms with Gasteiger partial charge in [-0.15, -0.1) is 5.10 Å². The minimum atomic E-state index is -0.123. The molecule has 2 aromatic heterocycles. The summed E-state index contributed by atoms with van der Waals surface area (Å²) in [4.78, 5) is 22.4. The van der Waals surface area contributed by atoms with E-state index in [0.717, 1.165) is 17.9 Å². The van der Waals surface area contributed by atoms with E-state index in [1.54, 1.807) is 36.6 Å². The molecule has 1 aliphatic rings.